The first-order chi connectivity index (χ1) is 14.8. The number of nitrogens with zero attached hydrogens (tertiary/aromatic N) is 4. The Morgan fingerprint density at radius 1 is 1.06 bits per heavy atom. The predicted molar refractivity (Wildman–Crippen MR) is 114 cm³/mol. The number of nitrogens with one attached hydrogen (secondary N) is 2. The Morgan fingerprint density at radius 3 is 2.23 bits per heavy atom. The van der Waals surface area contributed by atoms with E-state index in [1.807, 2.05) is 0 Å². The number of benzene rings is 2. The Morgan fingerprint density at radius 2 is 1.65 bits per heavy atom. The Kier molecular flexibility index (Phi) is 6.67. The fourth-order valence-corrected chi connectivity index (χ4v) is 3.39. The maximum atomic E-state index is 12.2. The largest absolute Gasteiger partial charge is 0.326 e. The Labute approximate surface area is 178 Å². The summed E-state index contributed by atoms with van der Waals surface area (Å²) < 4.78 is 0. The Bertz CT molecular complexity index is 1080. The lowest BCUT2D eigenvalue weighted by atomic mass is 10.2. The first kappa shape index (κ1) is 21.6. The molecule has 2 aromatic rings. The first-order valence-corrected chi connectivity index (χ1v) is 9.57. The van der Waals surface area contributed by atoms with Crippen LogP contribution in [0, 0.1) is 20.2 Å². The first-order valence-electron chi connectivity index (χ1n) is 8.69. The zero-order chi connectivity index (χ0) is 22.4. The van der Waals surface area contributed by atoms with Crippen LogP contribution < -0.4 is 10.6 Å². The van der Waals surface area contributed by atoms with Gasteiger partial charge in [0.15, 0.2) is 5.17 Å². The molecule has 31 heavy (non-hydrogen) atoms. The van der Waals surface area contributed by atoms with Gasteiger partial charge in [-0.05, 0) is 29.8 Å². The number of non-ortho nitro benzene ring substituents is 2. The van der Waals surface area contributed by atoms with E-state index in [4.69, 9.17) is 0 Å². The quantitative estimate of drug-likeness (QED) is 0.377. The molecule has 12 nitrogen and oxygen atoms in total. The fraction of sp³-hybridized carbons (Fsp3) is 0.111. The van der Waals surface area contributed by atoms with Gasteiger partial charge in [0.25, 0.3) is 11.4 Å². The molecule has 1 atom stereocenters. The van der Waals surface area contributed by atoms with Crippen molar-refractivity contribution in [2.75, 3.05) is 5.32 Å². The minimum atomic E-state index is -0.702. The number of anilines is 1. The fourth-order valence-electron chi connectivity index (χ4n) is 2.46. The summed E-state index contributed by atoms with van der Waals surface area (Å²) in [7, 11) is 0. The average molecular weight is 442 g/mol. The summed E-state index contributed by atoms with van der Waals surface area (Å²) in [5.74, 6) is -0.828. The van der Waals surface area contributed by atoms with Crippen molar-refractivity contribution in [2.24, 2.45) is 10.2 Å². The van der Waals surface area contributed by atoms with E-state index in [0.29, 0.717) is 11.3 Å². The van der Waals surface area contributed by atoms with Gasteiger partial charge in [-0.3, -0.25) is 29.8 Å². The maximum Gasteiger partial charge on any atom is 0.269 e. The topological polar surface area (TPSA) is 169 Å². The van der Waals surface area contributed by atoms with Crippen molar-refractivity contribution in [3.05, 3.63) is 74.3 Å². The van der Waals surface area contributed by atoms with Gasteiger partial charge in [-0.1, -0.05) is 11.8 Å². The molecule has 3 rings (SSSR count). The van der Waals surface area contributed by atoms with Gasteiger partial charge in [0.05, 0.1) is 16.1 Å². The van der Waals surface area contributed by atoms with Crippen LogP contribution in [0.2, 0.25) is 0 Å². The van der Waals surface area contributed by atoms with Gasteiger partial charge < -0.3 is 10.6 Å². The Hall–Kier alpha value is -4.13. The number of amides is 2. The zero-order valence-corrected chi connectivity index (χ0v) is 16.4. The molecule has 0 spiro atoms. The van der Waals surface area contributed by atoms with Crippen molar-refractivity contribution < 1.29 is 19.4 Å². The van der Waals surface area contributed by atoms with E-state index in [9.17, 15) is 29.8 Å². The second-order valence-corrected chi connectivity index (χ2v) is 7.34. The monoisotopic (exact) mass is 442 g/mol. The number of hydrogen-bond donors (Lipinski definition) is 2. The van der Waals surface area contributed by atoms with E-state index in [0.717, 1.165) is 11.8 Å². The molecular weight excluding hydrogens is 428 g/mol. The molecule has 1 aliphatic rings. The molecule has 0 aromatic heterocycles. The third-order valence-electron chi connectivity index (χ3n) is 3.97. The number of carbonyl (C=O) groups is 2. The van der Waals surface area contributed by atoms with Crippen molar-refractivity contribution in [2.45, 2.75) is 11.7 Å². The predicted octanol–water partition coefficient (Wildman–Crippen LogP) is 2.45. The number of amidine groups is 1. The molecule has 1 heterocycles. The van der Waals surface area contributed by atoms with Crippen LogP contribution in [0.4, 0.5) is 17.1 Å². The number of rotatable bonds is 7. The molecule has 1 aliphatic heterocycles. The molecule has 13 heteroatoms. The average Bonchev–Trinajstić information content (AvgIpc) is 3.07. The minimum absolute atomic E-state index is 0.0445. The highest BCUT2D eigenvalue weighted by atomic mass is 32.2. The van der Waals surface area contributed by atoms with Crippen molar-refractivity contribution in [1.82, 2.24) is 5.32 Å². The van der Waals surface area contributed by atoms with Crippen molar-refractivity contribution in [3.8, 4) is 0 Å². The number of hydrogen-bond acceptors (Lipinski definition) is 9. The molecular formula is C18H14N6O6S. The molecule has 2 amide bonds. The highest BCUT2D eigenvalue weighted by Crippen LogP contribution is 2.23. The normalized spacial score (nSPS) is 17.0. The van der Waals surface area contributed by atoms with E-state index in [-0.39, 0.29) is 23.0 Å². The molecule has 0 saturated carbocycles. The van der Waals surface area contributed by atoms with Gasteiger partial charge in [-0.2, -0.15) is 5.10 Å². The summed E-state index contributed by atoms with van der Waals surface area (Å²) in [6.45, 7) is 0. The molecule has 0 radical (unpaired) electrons. The summed E-state index contributed by atoms with van der Waals surface area (Å²) in [5.41, 5.74) is 0.819. The molecule has 1 fully saturated rings. The molecule has 1 unspecified atom stereocenters. The van der Waals surface area contributed by atoms with Gasteiger partial charge in [-0.15, -0.1) is 5.10 Å². The van der Waals surface area contributed by atoms with Gasteiger partial charge in [0.2, 0.25) is 11.8 Å². The molecule has 1 saturated heterocycles. The van der Waals surface area contributed by atoms with E-state index < -0.39 is 26.9 Å². The second-order valence-electron chi connectivity index (χ2n) is 6.15. The molecule has 0 aliphatic carbocycles. The van der Waals surface area contributed by atoms with Crippen LogP contribution in [-0.2, 0) is 9.59 Å². The zero-order valence-electron chi connectivity index (χ0n) is 15.6. The SMILES string of the molecule is O=C(CC1S/C(=N/N=C/c2ccc([N+](=O)[O-])cc2)NC1=O)Nc1ccc([N+](=O)[O-])cc1. The van der Waals surface area contributed by atoms with E-state index in [2.05, 4.69) is 20.8 Å². The number of nitro benzene ring substituents is 2. The third-order valence-corrected chi connectivity index (χ3v) is 5.04. The van der Waals surface area contributed by atoms with Gasteiger partial charge >= 0.3 is 0 Å². The van der Waals surface area contributed by atoms with Gasteiger partial charge in [0, 0.05) is 36.4 Å². The highest BCUT2D eigenvalue weighted by Gasteiger charge is 2.32. The number of nitro groups is 2. The number of thioether (sulfide) groups is 1. The van der Waals surface area contributed by atoms with Crippen molar-refractivity contribution in [3.63, 3.8) is 0 Å². The third kappa shape index (κ3) is 5.93. The van der Waals surface area contributed by atoms with Crippen LogP contribution in [0.1, 0.15) is 12.0 Å². The Balaban J connectivity index is 1.53. The summed E-state index contributed by atoms with van der Waals surface area (Å²) in [4.78, 5) is 44.4. The van der Waals surface area contributed by atoms with Gasteiger partial charge in [-0.25, -0.2) is 0 Å². The van der Waals surface area contributed by atoms with E-state index in [1.165, 1.54) is 54.7 Å². The van der Waals surface area contributed by atoms with Gasteiger partial charge in [0.1, 0.15) is 5.25 Å². The summed E-state index contributed by atoms with van der Waals surface area (Å²) in [6, 6.07) is 11.0. The maximum absolute atomic E-state index is 12.2. The van der Waals surface area contributed by atoms with Crippen LogP contribution in [0.5, 0.6) is 0 Å². The molecule has 2 N–H and O–H groups in total. The van der Waals surface area contributed by atoms with Crippen LogP contribution in [0.25, 0.3) is 0 Å². The van der Waals surface area contributed by atoms with Crippen LogP contribution in [0.15, 0.2) is 58.7 Å². The van der Waals surface area contributed by atoms with Crippen molar-refractivity contribution in [1.29, 1.82) is 0 Å². The smallest absolute Gasteiger partial charge is 0.269 e. The van der Waals surface area contributed by atoms with Crippen LogP contribution >= 0.6 is 11.8 Å². The molecule has 158 valence electrons. The number of carbonyl (C=O) groups excluding carboxylic acids is 2. The molecule has 0 bridgehead atoms. The second kappa shape index (κ2) is 9.58. The highest BCUT2D eigenvalue weighted by molar-refractivity contribution is 8.15. The van der Waals surface area contributed by atoms with E-state index >= 15 is 0 Å². The lowest BCUT2D eigenvalue weighted by Gasteiger charge is -2.07. The van der Waals surface area contributed by atoms with Crippen molar-refractivity contribution >= 4 is 52.0 Å². The van der Waals surface area contributed by atoms with Crippen LogP contribution in [-0.4, -0.2) is 38.3 Å². The summed E-state index contributed by atoms with van der Waals surface area (Å²) in [6.07, 6.45) is 1.25. The minimum Gasteiger partial charge on any atom is -0.326 e. The standard InChI is InChI=1S/C18H14N6O6S/c25-16(20-12-3-7-14(8-4-12)24(29)30)9-15-17(26)21-18(31-15)22-19-10-11-1-5-13(6-2-11)23(27)28/h1-8,10,15H,9H2,(H,20,25)(H,21,22,26)/b19-10+. The van der Waals surface area contributed by atoms with Crippen LogP contribution in [0.3, 0.4) is 0 Å². The lowest BCUT2D eigenvalue weighted by molar-refractivity contribution is -0.385. The summed E-state index contributed by atoms with van der Waals surface area (Å²) in [5, 5.41) is 33.6. The summed E-state index contributed by atoms with van der Waals surface area (Å²) >= 11 is 1.04. The molecule has 2 aromatic carbocycles. The van der Waals surface area contributed by atoms with E-state index in [1.54, 1.807) is 0 Å². The lowest BCUT2D eigenvalue weighted by Crippen LogP contribution is -2.28.